The number of carbonyl (C=O) groups excluding carboxylic acids is 1. The number of aromatic nitrogens is 1. The largest absolute Gasteiger partial charge is 0.493 e. The molecular formula is C24H24N2O3S. The number of aromatic amines is 1. The van der Waals surface area contributed by atoms with E-state index in [0.29, 0.717) is 24.3 Å². The number of rotatable bonds is 8. The molecule has 2 heterocycles. The molecule has 0 bridgehead atoms. The molecule has 4 rings (SSSR count). The molecule has 1 atom stereocenters. The molecular weight excluding hydrogens is 396 g/mol. The minimum Gasteiger partial charge on any atom is -0.493 e. The van der Waals surface area contributed by atoms with Crippen molar-refractivity contribution in [2.24, 2.45) is 0 Å². The van der Waals surface area contributed by atoms with Crippen molar-refractivity contribution in [1.82, 2.24) is 10.3 Å². The Kier molecular flexibility index (Phi) is 6.16. The van der Waals surface area contributed by atoms with Crippen LogP contribution in [0.5, 0.6) is 5.75 Å². The van der Waals surface area contributed by atoms with Gasteiger partial charge in [-0.15, -0.1) is 0 Å². The van der Waals surface area contributed by atoms with Gasteiger partial charge in [0.1, 0.15) is 5.75 Å². The van der Waals surface area contributed by atoms with Gasteiger partial charge in [-0.05, 0) is 65.1 Å². The molecule has 3 N–H and O–H groups in total. The van der Waals surface area contributed by atoms with E-state index in [1.54, 1.807) is 11.3 Å². The molecule has 1 amide bonds. The van der Waals surface area contributed by atoms with E-state index in [2.05, 4.69) is 10.3 Å². The smallest absolute Gasteiger partial charge is 0.255 e. The van der Waals surface area contributed by atoms with Crippen molar-refractivity contribution in [3.8, 4) is 16.9 Å². The van der Waals surface area contributed by atoms with Crippen LogP contribution in [-0.4, -0.2) is 35.3 Å². The number of hydrogen-bond donors (Lipinski definition) is 3. The Labute approximate surface area is 179 Å². The summed E-state index contributed by atoms with van der Waals surface area (Å²) in [6.07, 6.45) is 2.46. The van der Waals surface area contributed by atoms with Gasteiger partial charge in [0.25, 0.3) is 5.91 Å². The Balaban J connectivity index is 1.57. The van der Waals surface area contributed by atoms with E-state index in [1.165, 1.54) is 0 Å². The SMILES string of the molecule is CCOc1ccc(-c2ccsc2)cc1C(=O)N[C@@H](CO)Cc1c[nH]c2ccccc12. The number of aliphatic hydroxyl groups excluding tert-OH is 1. The summed E-state index contributed by atoms with van der Waals surface area (Å²) in [4.78, 5) is 16.4. The standard InChI is InChI=1S/C24H24N2O3S/c1-2-29-23-8-7-16(17-9-10-30-15-17)12-21(23)24(28)26-19(14-27)11-18-13-25-22-6-4-3-5-20(18)22/h3-10,12-13,15,19,25,27H,2,11,14H2,1H3,(H,26,28)/t19-/m1/s1. The maximum absolute atomic E-state index is 13.1. The molecule has 0 saturated heterocycles. The van der Waals surface area contributed by atoms with E-state index >= 15 is 0 Å². The van der Waals surface area contributed by atoms with Crippen molar-refractivity contribution >= 4 is 28.1 Å². The normalized spacial score (nSPS) is 12.1. The third-order valence-corrected chi connectivity index (χ3v) is 5.76. The van der Waals surface area contributed by atoms with Crippen molar-refractivity contribution in [2.45, 2.75) is 19.4 Å². The van der Waals surface area contributed by atoms with E-state index in [4.69, 9.17) is 4.74 Å². The topological polar surface area (TPSA) is 74.3 Å². The molecule has 2 aromatic heterocycles. The van der Waals surface area contributed by atoms with Crippen molar-refractivity contribution in [1.29, 1.82) is 0 Å². The summed E-state index contributed by atoms with van der Waals surface area (Å²) in [6.45, 7) is 2.21. The first-order chi connectivity index (χ1) is 14.7. The summed E-state index contributed by atoms with van der Waals surface area (Å²) >= 11 is 1.61. The van der Waals surface area contributed by atoms with Crippen molar-refractivity contribution in [2.75, 3.05) is 13.2 Å². The fraction of sp³-hybridized carbons (Fsp3) is 0.208. The molecule has 5 nitrogen and oxygen atoms in total. The molecule has 0 spiro atoms. The number of H-pyrrole nitrogens is 1. The lowest BCUT2D eigenvalue weighted by Crippen LogP contribution is -2.39. The van der Waals surface area contributed by atoms with Crippen molar-refractivity contribution in [3.05, 3.63) is 76.6 Å². The molecule has 0 aliphatic rings. The first kappa shape index (κ1) is 20.2. The number of hydrogen-bond acceptors (Lipinski definition) is 4. The van der Waals surface area contributed by atoms with E-state index in [0.717, 1.165) is 27.6 Å². The molecule has 0 unspecified atom stereocenters. The maximum atomic E-state index is 13.1. The van der Waals surface area contributed by atoms with E-state index in [-0.39, 0.29) is 12.5 Å². The van der Waals surface area contributed by atoms with Crippen LogP contribution in [0.25, 0.3) is 22.0 Å². The number of thiophene rings is 1. The Morgan fingerprint density at radius 1 is 1.20 bits per heavy atom. The zero-order chi connectivity index (χ0) is 20.9. The zero-order valence-electron chi connectivity index (χ0n) is 16.7. The van der Waals surface area contributed by atoms with E-state index in [9.17, 15) is 9.90 Å². The highest BCUT2D eigenvalue weighted by Gasteiger charge is 2.19. The Bertz CT molecular complexity index is 1130. The Morgan fingerprint density at radius 3 is 2.83 bits per heavy atom. The summed E-state index contributed by atoms with van der Waals surface area (Å²) < 4.78 is 5.68. The van der Waals surface area contributed by atoms with Crippen LogP contribution in [0.15, 0.2) is 65.5 Å². The number of ether oxygens (including phenoxy) is 1. The second kappa shape index (κ2) is 9.15. The van der Waals surface area contributed by atoms with Crippen LogP contribution in [0.4, 0.5) is 0 Å². The van der Waals surface area contributed by atoms with Gasteiger partial charge in [-0.1, -0.05) is 24.3 Å². The molecule has 0 fully saturated rings. The molecule has 2 aromatic carbocycles. The maximum Gasteiger partial charge on any atom is 0.255 e. The molecule has 0 saturated carbocycles. The predicted octanol–water partition coefficient (Wildman–Crippen LogP) is 4.63. The number of amides is 1. The Hall–Kier alpha value is -3.09. The van der Waals surface area contributed by atoms with Gasteiger partial charge >= 0.3 is 0 Å². The van der Waals surface area contributed by atoms with Crippen LogP contribution in [0.2, 0.25) is 0 Å². The van der Waals surface area contributed by atoms with Crippen LogP contribution >= 0.6 is 11.3 Å². The number of nitrogens with one attached hydrogen (secondary N) is 2. The monoisotopic (exact) mass is 420 g/mol. The van der Waals surface area contributed by atoms with Crippen LogP contribution in [0.3, 0.4) is 0 Å². The van der Waals surface area contributed by atoms with Crippen LogP contribution < -0.4 is 10.1 Å². The van der Waals surface area contributed by atoms with Gasteiger partial charge in [-0.25, -0.2) is 0 Å². The average Bonchev–Trinajstić information content (AvgIpc) is 3.44. The lowest BCUT2D eigenvalue weighted by molar-refractivity contribution is 0.0913. The first-order valence-corrected chi connectivity index (χ1v) is 10.9. The highest BCUT2D eigenvalue weighted by atomic mass is 32.1. The summed E-state index contributed by atoms with van der Waals surface area (Å²) in [5, 5.41) is 18.0. The first-order valence-electron chi connectivity index (χ1n) is 9.95. The van der Waals surface area contributed by atoms with Crippen molar-refractivity contribution < 1.29 is 14.6 Å². The van der Waals surface area contributed by atoms with Gasteiger partial charge in [0.05, 0.1) is 24.8 Å². The molecule has 0 aliphatic carbocycles. The summed E-state index contributed by atoms with van der Waals surface area (Å²) in [6, 6.07) is 15.3. The molecule has 0 radical (unpaired) electrons. The highest BCUT2D eigenvalue weighted by Crippen LogP contribution is 2.28. The third-order valence-electron chi connectivity index (χ3n) is 5.08. The fourth-order valence-corrected chi connectivity index (χ4v) is 4.25. The molecule has 6 heteroatoms. The minimum absolute atomic E-state index is 0.153. The van der Waals surface area contributed by atoms with E-state index < -0.39 is 6.04 Å². The van der Waals surface area contributed by atoms with Crippen LogP contribution in [0.1, 0.15) is 22.8 Å². The van der Waals surface area contributed by atoms with Gasteiger partial charge in [-0.2, -0.15) is 11.3 Å². The quantitative estimate of drug-likeness (QED) is 0.389. The highest BCUT2D eigenvalue weighted by molar-refractivity contribution is 7.08. The zero-order valence-corrected chi connectivity index (χ0v) is 17.5. The van der Waals surface area contributed by atoms with Gasteiger partial charge in [-0.3, -0.25) is 4.79 Å². The van der Waals surface area contributed by atoms with Crippen molar-refractivity contribution in [3.63, 3.8) is 0 Å². The number of carbonyl (C=O) groups is 1. The lowest BCUT2D eigenvalue weighted by atomic mass is 10.0. The number of aliphatic hydroxyl groups is 1. The van der Waals surface area contributed by atoms with Gasteiger partial charge in [0.15, 0.2) is 0 Å². The predicted molar refractivity (Wildman–Crippen MR) is 121 cm³/mol. The van der Waals surface area contributed by atoms with Gasteiger partial charge in [0, 0.05) is 17.1 Å². The average molecular weight is 421 g/mol. The lowest BCUT2D eigenvalue weighted by Gasteiger charge is -2.18. The minimum atomic E-state index is -0.406. The molecule has 30 heavy (non-hydrogen) atoms. The summed E-state index contributed by atoms with van der Waals surface area (Å²) in [5.41, 5.74) is 4.59. The Morgan fingerprint density at radius 2 is 2.07 bits per heavy atom. The number of fused-ring (bicyclic) bond motifs is 1. The third kappa shape index (κ3) is 4.25. The summed E-state index contributed by atoms with van der Waals surface area (Å²) in [7, 11) is 0. The summed E-state index contributed by atoms with van der Waals surface area (Å²) in [5.74, 6) is 0.284. The fourth-order valence-electron chi connectivity index (χ4n) is 3.59. The number of benzene rings is 2. The second-order valence-electron chi connectivity index (χ2n) is 7.07. The van der Waals surface area contributed by atoms with E-state index in [1.807, 2.05) is 72.4 Å². The van der Waals surface area contributed by atoms with Crippen LogP contribution in [0, 0.1) is 0 Å². The molecule has 154 valence electrons. The van der Waals surface area contributed by atoms with Crippen LogP contribution in [-0.2, 0) is 6.42 Å². The number of para-hydroxylation sites is 1. The van der Waals surface area contributed by atoms with Gasteiger partial charge in [0.2, 0.25) is 0 Å². The molecule has 4 aromatic rings. The second-order valence-corrected chi connectivity index (χ2v) is 7.85. The van der Waals surface area contributed by atoms with Gasteiger partial charge < -0.3 is 20.1 Å². The molecule has 0 aliphatic heterocycles.